The van der Waals surface area contributed by atoms with Gasteiger partial charge in [0.2, 0.25) is 0 Å². The normalized spacial score (nSPS) is 22.2. The minimum Gasteiger partial charge on any atom is -0.372 e. The number of hydrogen-bond acceptors (Lipinski definition) is 3. The van der Waals surface area contributed by atoms with Crippen molar-refractivity contribution in [2.24, 2.45) is 14.1 Å². The molecule has 2 unspecified atom stereocenters. The Bertz CT molecular complexity index is 1790. The van der Waals surface area contributed by atoms with Crippen molar-refractivity contribution in [3.63, 3.8) is 0 Å². The molecule has 2 aromatic heterocycles. The predicted molar refractivity (Wildman–Crippen MR) is 178 cm³/mol. The molecule has 1 saturated heterocycles. The van der Waals surface area contributed by atoms with Gasteiger partial charge in [-0.05, 0) is 20.1 Å². The fourth-order valence-corrected chi connectivity index (χ4v) is 11.1. The molecule has 7 rings (SSSR count). The lowest BCUT2D eigenvalue weighted by Gasteiger charge is -2.22. The van der Waals surface area contributed by atoms with Crippen LogP contribution >= 0.6 is 10.0 Å². The van der Waals surface area contributed by atoms with Crippen molar-refractivity contribution < 1.29 is 5.11 Å². The SMILES string of the molecule is Cn1c(C2(O)C(C)(C)S2(C)c2nc(-c3ccccc3)c(-c3ccccc3)n2C)nc(-c2ccccc2)c1-c1ccccc1. The molecule has 0 radical (unpaired) electrons. The zero-order chi connectivity index (χ0) is 30.0. The number of benzene rings is 4. The summed E-state index contributed by atoms with van der Waals surface area (Å²) in [6.45, 7) is 4.33. The van der Waals surface area contributed by atoms with Gasteiger partial charge in [0.15, 0.2) is 15.9 Å². The molecule has 216 valence electrons. The van der Waals surface area contributed by atoms with Crippen LogP contribution in [0, 0.1) is 0 Å². The standard InChI is InChI=1S/C37H36N4OS/c1-36(2)37(42,34-38-30(26-18-10-6-11-19-26)32(40(34)3)28-22-14-8-15-23-28)43(36,5)35-39-31(27-20-12-7-13-21-27)33(41(35)4)29-24-16-9-17-25-29/h6-25,42H,1-5H3. The lowest BCUT2D eigenvalue weighted by Crippen LogP contribution is -2.22. The molecular weight excluding hydrogens is 549 g/mol. The number of aliphatic hydroxyl groups is 1. The van der Waals surface area contributed by atoms with Crippen LogP contribution in [-0.2, 0) is 19.0 Å². The molecule has 4 aromatic carbocycles. The summed E-state index contributed by atoms with van der Waals surface area (Å²) < 4.78 is 3.84. The zero-order valence-electron chi connectivity index (χ0n) is 25.2. The number of rotatable bonds is 6. The highest BCUT2D eigenvalue weighted by Gasteiger charge is 2.81. The second-order valence-electron chi connectivity index (χ2n) is 11.9. The van der Waals surface area contributed by atoms with Crippen LogP contribution in [0.2, 0.25) is 0 Å². The predicted octanol–water partition coefficient (Wildman–Crippen LogP) is 8.25. The minimum absolute atomic E-state index is 0.484. The molecule has 1 aliphatic heterocycles. The van der Waals surface area contributed by atoms with E-state index in [2.05, 4.69) is 109 Å². The molecule has 1 aliphatic rings. The van der Waals surface area contributed by atoms with Crippen molar-refractivity contribution in [1.29, 1.82) is 0 Å². The van der Waals surface area contributed by atoms with E-state index in [1.54, 1.807) is 0 Å². The average Bonchev–Trinajstić information content (AvgIpc) is 3.40. The first-order valence-electron chi connectivity index (χ1n) is 14.6. The average molecular weight is 585 g/mol. The number of nitrogens with zero attached hydrogens (tertiary/aromatic N) is 4. The third-order valence-corrected chi connectivity index (χ3v) is 14.5. The topological polar surface area (TPSA) is 55.9 Å². The molecule has 3 heterocycles. The van der Waals surface area contributed by atoms with Crippen LogP contribution in [0.4, 0.5) is 0 Å². The summed E-state index contributed by atoms with van der Waals surface area (Å²) in [5.41, 5.74) is 8.10. The Kier molecular flexibility index (Phi) is 6.27. The van der Waals surface area contributed by atoms with Gasteiger partial charge in [-0.1, -0.05) is 121 Å². The van der Waals surface area contributed by atoms with Gasteiger partial charge in [-0.25, -0.2) is 9.97 Å². The summed E-state index contributed by atoms with van der Waals surface area (Å²) in [4.78, 5) is 9.46. The van der Waals surface area contributed by atoms with Crippen LogP contribution < -0.4 is 0 Å². The highest BCUT2D eigenvalue weighted by molar-refractivity contribution is 8.40. The van der Waals surface area contributed by atoms with E-state index in [1.165, 1.54) is 0 Å². The first-order valence-corrected chi connectivity index (χ1v) is 16.6. The van der Waals surface area contributed by atoms with Crippen LogP contribution in [-0.4, -0.2) is 35.2 Å². The summed E-state index contributed by atoms with van der Waals surface area (Å²) in [7, 11) is 2.19. The van der Waals surface area contributed by atoms with E-state index in [4.69, 9.17) is 9.97 Å². The maximum atomic E-state index is 13.0. The van der Waals surface area contributed by atoms with Crippen LogP contribution in [0.1, 0.15) is 19.7 Å². The van der Waals surface area contributed by atoms with E-state index >= 15 is 0 Å². The first kappa shape index (κ1) is 27.4. The fourth-order valence-electron chi connectivity index (χ4n) is 6.76. The van der Waals surface area contributed by atoms with E-state index in [9.17, 15) is 5.11 Å². The Morgan fingerprint density at radius 1 is 0.558 bits per heavy atom. The number of imidazole rings is 2. The van der Waals surface area contributed by atoms with E-state index in [1.807, 2.05) is 55.6 Å². The smallest absolute Gasteiger partial charge is 0.173 e. The monoisotopic (exact) mass is 584 g/mol. The van der Waals surface area contributed by atoms with Crippen LogP contribution in [0.5, 0.6) is 0 Å². The van der Waals surface area contributed by atoms with Gasteiger partial charge in [-0.3, -0.25) is 0 Å². The van der Waals surface area contributed by atoms with E-state index in [0.29, 0.717) is 5.82 Å². The summed E-state index contributed by atoms with van der Waals surface area (Å²) in [5.74, 6) is 0.679. The number of aromatic nitrogens is 4. The minimum atomic E-state index is -1.94. The first-order chi connectivity index (χ1) is 20.7. The van der Waals surface area contributed by atoms with Gasteiger partial charge in [0, 0.05) is 41.1 Å². The Morgan fingerprint density at radius 2 is 0.930 bits per heavy atom. The Labute approximate surface area is 254 Å². The van der Waals surface area contributed by atoms with Crippen LogP contribution in [0.25, 0.3) is 45.0 Å². The highest BCUT2D eigenvalue weighted by Crippen LogP contribution is 2.93. The maximum Gasteiger partial charge on any atom is 0.173 e. The van der Waals surface area contributed by atoms with E-state index < -0.39 is 19.7 Å². The quantitative estimate of drug-likeness (QED) is 0.201. The Balaban J connectivity index is 1.46. The van der Waals surface area contributed by atoms with Crippen molar-refractivity contribution >= 4 is 10.0 Å². The van der Waals surface area contributed by atoms with Crippen molar-refractivity contribution in [2.45, 2.75) is 28.7 Å². The van der Waals surface area contributed by atoms with Gasteiger partial charge in [0.25, 0.3) is 0 Å². The lowest BCUT2D eigenvalue weighted by atomic mass is 10.0. The molecule has 0 aliphatic carbocycles. The van der Waals surface area contributed by atoms with Crippen molar-refractivity contribution in [2.75, 3.05) is 6.26 Å². The fraction of sp³-hybridized carbons (Fsp3) is 0.189. The molecule has 2 atom stereocenters. The Morgan fingerprint density at radius 3 is 1.37 bits per heavy atom. The molecule has 1 N–H and O–H groups in total. The van der Waals surface area contributed by atoms with Gasteiger partial charge in [-0.2, -0.15) is 0 Å². The molecule has 1 fully saturated rings. The third kappa shape index (κ3) is 3.76. The second-order valence-corrected chi connectivity index (χ2v) is 15.7. The lowest BCUT2D eigenvalue weighted by molar-refractivity contribution is 0.135. The molecule has 0 amide bonds. The summed E-state index contributed by atoms with van der Waals surface area (Å²) in [6, 6.07) is 41.4. The van der Waals surface area contributed by atoms with Crippen molar-refractivity contribution in [3.8, 4) is 45.0 Å². The van der Waals surface area contributed by atoms with Crippen LogP contribution in [0.15, 0.2) is 126 Å². The Hall–Kier alpha value is -4.39. The summed E-state index contributed by atoms with van der Waals surface area (Å²) in [5, 5.41) is 13.9. The van der Waals surface area contributed by atoms with Crippen molar-refractivity contribution in [1.82, 2.24) is 19.1 Å². The van der Waals surface area contributed by atoms with Gasteiger partial charge in [0.05, 0.1) is 22.8 Å². The van der Waals surface area contributed by atoms with Crippen molar-refractivity contribution in [3.05, 3.63) is 127 Å². The summed E-state index contributed by atoms with van der Waals surface area (Å²) >= 11 is 0. The number of hydrogen-bond donors (Lipinski definition) is 1. The molecule has 6 heteroatoms. The summed E-state index contributed by atoms with van der Waals surface area (Å²) in [6.07, 6.45) is 2.22. The second kappa shape index (κ2) is 9.83. The molecule has 0 spiro atoms. The third-order valence-electron chi connectivity index (χ3n) is 9.39. The largest absolute Gasteiger partial charge is 0.372 e. The van der Waals surface area contributed by atoms with E-state index in [-0.39, 0.29) is 0 Å². The molecule has 6 aromatic rings. The maximum absolute atomic E-state index is 13.0. The van der Waals surface area contributed by atoms with Gasteiger partial charge < -0.3 is 14.2 Å². The van der Waals surface area contributed by atoms with Crippen LogP contribution in [0.3, 0.4) is 0 Å². The van der Waals surface area contributed by atoms with Gasteiger partial charge >= 0.3 is 0 Å². The zero-order valence-corrected chi connectivity index (χ0v) is 26.0. The van der Waals surface area contributed by atoms with E-state index in [0.717, 1.165) is 50.2 Å². The molecule has 43 heavy (non-hydrogen) atoms. The van der Waals surface area contributed by atoms with Gasteiger partial charge in [-0.15, -0.1) is 10.0 Å². The molecule has 5 nitrogen and oxygen atoms in total. The molecule has 0 saturated carbocycles. The molecular formula is C37H36N4OS. The highest BCUT2D eigenvalue weighted by atomic mass is 32.3. The van der Waals surface area contributed by atoms with Gasteiger partial charge in [0.1, 0.15) is 0 Å². The molecule has 0 bridgehead atoms.